The van der Waals surface area contributed by atoms with E-state index >= 15 is 0 Å². The second-order valence-electron chi connectivity index (χ2n) is 12.0. The van der Waals surface area contributed by atoms with Crippen LogP contribution in [-0.4, -0.2) is 77.2 Å². The maximum Gasteiger partial charge on any atom is 0.409 e. The molecule has 1 heterocycles. The van der Waals surface area contributed by atoms with Crippen LogP contribution in [0, 0.1) is 11.3 Å². The molecule has 10 nitrogen and oxygen atoms in total. The topological polar surface area (TPSA) is 128 Å². The summed E-state index contributed by atoms with van der Waals surface area (Å²) >= 11 is 0. The van der Waals surface area contributed by atoms with Crippen LogP contribution in [0.15, 0.2) is 24.3 Å². The average molecular weight is 559 g/mol. The highest BCUT2D eigenvalue weighted by Gasteiger charge is 2.34. The number of carboxylic acids is 1. The smallest absolute Gasteiger partial charge is 0.409 e. The number of aliphatic carboxylic acids is 1. The van der Waals surface area contributed by atoms with Crippen molar-refractivity contribution in [3.63, 3.8) is 0 Å². The van der Waals surface area contributed by atoms with Gasteiger partial charge >= 0.3 is 18.1 Å². The van der Waals surface area contributed by atoms with Gasteiger partial charge in [0.15, 0.2) is 0 Å². The summed E-state index contributed by atoms with van der Waals surface area (Å²) in [4.78, 5) is 52.4. The molecule has 0 radical (unpaired) electrons. The number of urea groups is 1. The molecule has 0 unspecified atom stereocenters. The van der Waals surface area contributed by atoms with Crippen molar-refractivity contribution in [2.45, 2.75) is 91.3 Å². The molecule has 1 saturated heterocycles. The van der Waals surface area contributed by atoms with Crippen LogP contribution >= 0.6 is 0 Å². The van der Waals surface area contributed by atoms with Crippen LogP contribution in [0.3, 0.4) is 0 Å². The molecule has 0 bridgehead atoms. The van der Waals surface area contributed by atoms with Gasteiger partial charge in [-0.05, 0) is 74.5 Å². The van der Waals surface area contributed by atoms with Crippen LogP contribution < -0.4 is 10.6 Å². The zero-order valence-corrected chi connectivity index (χ0v) is 24.4. The number of carbonyl (C=O) groups is 4. The third-order valence-electron chi connectivity index (χ3n) is 8.17. The van der Waals surface area contributed by atoms with Gasteiger partial charge in [0.05, 0.1) is 13.0 Å². The monoisotopic (exact) mass is 558 g/mol. The van der Waals surface area contributed by atoms with E-state index in [2.05, 4.69) is 31.4 Å². The number of hydrogen-bond donors (Lipinski definition) is 3. The lowest BCUT2D eigenvalue weighted by atomic mass is 9.71. The third kappa shape index (κ3) is 9.13. The van der Waals surface area contributed by atoms with E-state index in [-0.39, 0.29) is 48.5 Å². The number of carbonyl (C=O) groups excluding carboxylic acids is 3. The van der Waals surface area contributed by atoms with Gasteiger partial charge in [-0.2, -0.15) is 0 Å². The van der Waals surface area contributed by atoms with E-state index in [0.29, 0.717) is 50.6 Å². The van der Waals surface area contributed by atoms with Gasteiger partial charge in [0, 0.05) is 43.8 Å². The van der Waals surface area contributed by atoms with Crippen molar-refractivity contribution >= 4 is 24.0 Å². The van der Waals surface area contributed by atoms with Crippen molar-refractivity contribution in [3.05, 3.63) is 35.4 Å². The van der Waals surface area contributed by atoms with Crippen LogP contribution in [-0.2, 0) is 16.1 Å². The Morgan fingerprint density at radius 3 is 2.17 bits per heavy atom. The molecule has 10 heteroatoms. The lowest BCUT2D eigenvalue weighted by Crippen LogP contribution is -2.53. The molecule has 1 aromatic rings. The maximum atomic E-state index is 13.7. The second kappa shape index (κ2) is 14.4. The Morgan fingerprint density at radius 2 is 1.62 bits per heavy atom. The van der Waals surface area contributed by atoms with E-state index in [9.17, 15) is 19.2 Å². The Morgan fingerprint density at radius 1 is 1.00 bits per heavy atom. The fourth-order valence-electron chi connectivity index (χ4n) is 5.64. The molecule has 2 aliphatic rings. The molecule has 3 N–H and O–H groups in total. The number of piperidine rings is 1. The number of nitrogens with one attached hydrogen (secondary N) is 2. The number of amides is 4. The predicted octanol–water partition coefficient (Wildman–Crippen LogP) is 4.63. The molecule has 40 heavy (non-hydrogen) atoms. The first-order valence-electron chi connectivity index (χ1n) is 14.6. The zero-order valence-electron chi connectivity index (χ0n) is 24.4. The van der Waals surface area contributed by atoms with Gasteiger partial charge in [-0.25, -0.2) is 9.59 Å². The number of rotatable bonds is 9. The summed E-state index contributed by atoms with van der Waals surface area (Å²) in [5, 5.41) is 14.6. The molecule has 0 spiro atoms. The highest BCUT2D eigenvalue weighted by molar-refractivity contribution is 5.94. The van der Waals surface area contributed by atoms with Crippen LogP contribution in [0.2, 0.25) is 0 Å². The summed E-state index contributed by atoms with van der Waals surface area (Å²) in [6, 6.07) is 7.15. The summed E-state index contributed by atoms with van der Waals surface area (Å²) in [7, 11) is 0. The minimum absolute atomic E-state index is 0.0107. The summed E-state index contributed by atoms with van der Waals surface area (Å²) < 4.78 is 5.11. The zero-order chi connectivity index (χ0) is 29.3. The van der Waals surface area contributed by atoms with Gasteiger partial charge in [-0.3, -0.25) is 9.59 Å². The van der Waals surface area contributed by atoms with Gasteiger partial charge in [0.25, 0.3) is 5.91 Å². The minimum Gasteiger partial charge on any atom is -0.481 e. The van der Waals surface area contributed by atoms with Gasteiger partial charge in [-0.15, -0.1) is 0 Å². The second-order valence-corrected chi connectivity index (χ2v) is 12.0. The Bertz CT molecular complexity index is 1010. The lowest BCUT2D eigenvalue weighted by Gasteiger charge is -2.42. The minimum atomic E-state index is -0.963. The quantitative estimate of drug-likeness (QED) is 0.406. The van der Waals surface area contributed by atoms with E-state index in [1.165, 1.54) is 0 Å². The SMILES string of the molecule is CCOC(=O)N1CCC(NC(=O)N(Cc2ccc(C(=O)NCCC(=O)O)cc2)C2CCC(C(C)(C)C)CC2)CC1. The predicted molar refractivity (Wildman–Crippen MR) is 152 cm³/mol. The van der Waals surface area contributed by atoms with Crippen molar-refractivity contribution in [1.82, 2.24) is 20.4 Å². The molecule has 1 saturated carbocycles. The molecule has 0 atom stereocenters. The molecular weight excluding hydrogens is 512 g/mol. The maximum absolute atomic E-state index is 13.7. The summed E-state index contributed by atoms with van der Waals surface area (Å²) in [5.74, 6) is -0.660. The standard InChI is InChI=1S/C30H46N4O6/c1-5-40-29(39)33-18-15-24(16-19-33)32-28(38)34(25-12-10-23(11-13-25)30(2,3)4)20-21-6-8-22(9-7-21)27(37)31-17-14-26(35)36/h6-9,23-25H,5,10-20H2,1-4H3,(H,31,37)(H,32,38)(H,35,36). The number of hydrogen-bond acceptors (Lipinski definition) is 5. The Kier molecular flexibility index (Phi) is 11.2. The van der Waals surface area contributed by atoms with Gasteiger partial charge in [-0.1, -0.05) is 32.9 Å². The first-order chi connectivity index (χ1) is 19.0. The van der Waals surface area contributed by atoms with Gasteiger partial charge in [0.2, 0.25) is 0 Å². The Balaban J connectivity index is 1.65. The Labute approximate surface area is 237 Å². The van der Waals surface area contributed by atoms with Gasteiger partial charge < -0.3 is 30.3 Å². The summed E-state index contributed by atoms with van der Waals surface area (Å²) in [5.41, 5.74) is 1.61. The molecule has 3 rings (SSSR count). The molecule has 1 aliphatic carbocycles. The molecular formula is C30H46N4O6. The Hall–Kier alpha value is -3.30. The molecule has 1 aliphatic heterocycles. The van der Waals surface area contributed by atoms with E-state index in [4.69, 9.17) is 9.84 Å². The number of benzene rings is 1. The van der Waals surface area contributed by atoms with Crippen molar-refractivity contribution in [1.29, 1.82) is 0 Å². The van der Waals surface area contributed by atoms with Crippen LogP contribution in [0.25, 0.3) is 0 Å². The van der Waals surface area contributed by atoms with Crippen LogP contribution in [0.4, 0.5) is 9.59 Å². The number of ether oxygens (including phenoxy) is 1. The molecule has 222 valence electrons. The lowest BCUT2D eigenvalue weighted by molar-refractivity contribution is -0.136. The van der Waals surface area contributed by atoms with Crippen molar-refractivity contribution in [2.24, 2.45) is 11.3 Å². The number of likely N-dealkylation sites (tertiary alicyclic amines) is 1. The van der Waals surface area contributed by atoms with E-state index < -0.39 is 5.97 Å². The molecule has 0 aromatic heterocycles. The van der Waals surface area contributed by atoms with Gasteiger partial charge in [0.1, 0.15) is 0 Å². The van der Waals surface area contributed by atoms with Crippen LogP contribution in [0.5, 0.6) is 0 Å². The van der Waals surface area contributed by atoms with E-state index in [1.807, 2.05) is 17.0 Å². The fourth-order valence-corrected chi connectivity index (χ4v) is 5.64. The number of carboxylic acid groups (broad SMARTS) is 1. The normalized spacial score (nSPS) is 19.9. The number of nitrogens with zero attached hydrogens (tertiary/aromatic N) is 2. The third-order valence-corrected chi connectivity index (χ3v) is 8.17. The highest BCUT2D eigenvalue weighted by atomic mass is 16.6. The van der Waals surface area contributed by atoms with Crippen molar-refractivity contribution < 1.29 is 29.0 Å². The summed E-state index contributed by atoms with van der Waals surface area (Å²) in [6.07, 6.45) is 4.97. The first-order valence-corrected chi connectivity index (χ1v) is 14.6. The van der Waals surface area contributed by atoms with Crippen molar-refractivity contribution in [3.8, 4) is 0 Å². The average Bonchev–Trinajstić information content (AvgIpc) is 2.92. The summed E-state index contributed by atoms with van der Waals surface area (Å²) in [6.45, 7) is 10.6. The van der Waals surface area contributed by atoms with E-state index in [1.54, 1.807) is 24.0 Å². The molecule has 4 amide bonds. The largest absolute Gasteiger partial charge is 0.481 e. The first kappa shape index (κ1) is 31.2. The molecule has 2 fully saturated rings. The van der Waals surface area contributed by atoms with Crippen LogP contribution in [0.1, 0.15) is 88.6 Å². The van der Waals surface area contributed by atoms with Crippen molar-refractivity contribution in [2.75, 3.05) is 26.2 Å². The fraction of sp³-hybridized carbons (Fsp3) is 0.667. The highest BCUT2D eigenvalue weighted by Crippen LogP contribution is 2.39. The van der Waals surface area contributed by atoms with E-state index in [0.717, 1.165) is 31.2 Å². The molecule has 1 aromatic carbocycles.